The number of halogens is 2. The maximum Gasteiger partial charge on any atom is 0.284 e. The first-order valence-corrected chi connectivity index (χ1v) is 10.5. The third kappa shape index (κ3) is 4.15. The summed E-state index contributed by atoms with van der Waals surface area (Å²) in [6, 6.07) is 20.4. The van der Waals surface area contributed by atoms with Gasteiger partial charge in [-0.1, -0.05) is 47.5 Å². The zero-order valence-electron chi connectivity index (χ0n) is 16.5. The van der Waals surface area contributed by atoms with Crippen LogP contribution in [0.15, 0.2) is 76.2 Å². The number of hydrogen-bond donors (Lipinski definition) is 1. The Morgan fingerprint density at radius 1 is 0.969 bits per heavy atom. The fraction of sp³-hybridized carbons (Fsp3) is 0.0833. The number of hydrogen-bond acceptors (Lipinski definition) is 5. The Hall–Kier alpha value is -3.48. The number of nitrogens with zero attached hydrogens (tertiary/aromatic N) is 1. The molecule has 1 aliphatic heterocycles. The molecule has 0 unspecified atom stereocenters. The Morgan fingerprint density at radius 3 is 2.53 bits per heavy atom. The number of amides is 1. The van der Waals surface area contributed by atoms with Crippen LogP contribution in [0.3, 0.4) is 0 Å². The number of rotatable bonds is 4. The normalized spacial score (nSPS) is 15.2. The number of benzene rings is 3. The van der Waals surface area contributed by atoms with Crippen LogP contribution in [0.1, 0.15) is 5.76 Å². The van der Waals surface area contributed by atoms with Gasteiger partial charge in [0.25, 0.3) is 5.91 Å². The van der Waals surface area contributed by atoms with Gasteiger partial charge in [-0.3, -0.25) is 4.79 Å². The van der Waals surface area contributed by atoms with Crippen molar-refractivity contribution < 1.29 is 18.7 Å². The molecule has 6 nitrogen and oxygen atoms in total. The van der Waals surface area contributed by atoms with Crippen molar-refractivity contribution in [3.8, 4) is 22.8 Å². The number of nitrogens with one attached hydrogen (secondary N) is 1. The average Bonchev–Trinajstić information content (AvgIpc) is 3.28. The Kier molecular flexibility index (Phi) is 5.47. The van der Waals surface area contributed by atoms with Gasteiger partial charge in [0.2, 0.25) is 6.10 Å². The molecular weight excluding hydrogens is 451 g/mol. The fourth-order valence-corrected chi connectivity index (χ4v) is 3.64. The summed E-state index contributed by atoms with van der Waals surface area (Å²) in [5, 5.41) is 6.91. The lowest BCUT2D eigenvalue weighted by atomic mass is 10.1. The summed E-state index contributed by atoms with van der Waals surface area (Å²) in [4.78, 5) is 12.5. The van der Waals surface area contributed by atoms with Crippen LogP contribution in [-0.2, 0) is 4.79 Å². The van der Waals surface area contributed by atoms with Gasteiger partial charge in [0.05, 0.1) is 16.3 Å². The predicted octanol–water partition coefficient (Wildman–Crippen LogP) is 5.70. The van der Waals surface area contributed by atoms with Crippen LogP contribution in [0.5, 0.6) is 11.5 Å². The van der Waals surface area contributed by atoms with Crippen LogP contribution in [0.25, 0.3) is 22.1 Å². The third-order valence-electron chi connectivity index (χ3n) is 4.96. The van der Waals surface area contributed by atoms with E-state index >= 15 is 0 Å². The van der Waals surface area contributed by atoms with Crippen LogP contribution in [0.4, 0.5) is 0 Å². The van der Waals surface area contributed by atoms with Crippen molar-refractivity contribution in [1.82, 2.24) is 5.43 Å². The van der Waals surface area contributed by atoms with Crippen molar-refractivity contribution in [2.75, 3.05) is 6.61 Å². The number of ether oxygens (including phenoxy) is 2. The number of hydrazone groups is 1. The Bertz CT molecular complexity index is 1350. The number of carbonyl (C=O) groups excluding carboxylic acids is 1. The molecule has 5 rings (SSSR count). The van der Waals surface area contributed by atoms with E-state index in [1.54, 1.807) is 30.3 Å². The number of fused-ring (bicyclic) bond motifs is 2. The molecule has 3 aromatic carbocycles. The number of carbonyl (C=O) groups is 1. The minimum atomic E-state index is -0.816. The summed E-state index contributed by atoms with van der Waals surface area (Å²) in [5.74, 6) is 1.78. The number of furan rings is 1. The second-order valence-corrected chi connectivity index (χ2v) is 7.94. The van der Waals surface area contributed by atoms with Gasteiger partial charge in [0.1, 0.15) is 18.1 Å². The summed E-state index contributed by atoms with van der Waals surface area (Å²) < 4.78 is 17.3. The van der Waals surface area contributed by atoms with E-state index in [9.17, 15) is 4.79 Å². The third-order valence-corrected chi connectivity index (χ3v) is 5.70. The zero-order chi connectivity index (χ0) is 22.1. The first kappa shape index (κ1) is 20.4. The Morgan fingerprint density at radius 2 is 1.75 bits per heavy atom. The van der Waals surface area contributed by atoms with Gasteiger partial charge in [-0.2, -0.15) is 5.10 Å². The summed E-state index contributed by atoms with van der Waals surface area (Å²) in [5.41, 5.74) is 3.24. The van der Waals surface area contributed by atoms with Crippen molar-refractivity contribution in [1.29, 1.82) is 0 Å². The van der Waals surface area contributed by atoms with E-state index in [0.29, 0.717) is 33.1 Å². The smallest absolute Gasteiger partial charge is 0.284 e. The minimum absolute atomic E-state index is 0.0922. The van der Waals surface area contributed by atoms with E-state index in [2.05, 4.69) is 10.5 Å². The van der Waals surface area contributed by atoms with Crippen LogP contribution in [0, 0.1) is 0 Å². The van der Waals surface area contributed by atoms with Gasteiger partial charge in [-0.25, -0.2) is 5.43 Å². The molecule has 8 heteroatoms. The molecule has 1 N–H and O–H groups in total. The molecule has 0 saturated carbocycles. The zero-order valence-corrected chi connectivity index (χ0v) is 18.1. The van der Waals surface area contributed by atoms with E-state index in [1.165, 1.54) is 6.21 Å². The fourth-order valence-electron chi connectivity index (χ4n) is 3.34. The molecule has 160 valence electrons. The molecule has 0 fully saturated rings. The molecule has 0 saturated heterocycles. The van der Waals surface area contributed by atoms with Crippen LogP contribution >= 0.6 is 23.2 Å². The minimum Gasteiger partial charge on any atom is -0.485 e. The standard InChI is InChI=1S/C24H16Cl2N2O4/c25-18-7-5-16(9-19(18)26)20-8-6-17(31-20)12-27-28-24(29)23-13-30-21-10-14-3-1-2-4-15(14)11-22(21)32-23/h1-12,23H,13H2,(H,28,29)/b27-12+/t23-/m0/s1. The first-order chi connectivity index (χ1) is 15.6. The molecule has 32 heavy (non-hydrogen) atoms. The monoisotopic (exact) mass is 466 g/mol. The lowest BCUT2D eigenvalue weighted by Gasteiger charge is -2.25. The topological polar surface area (TPSA) is 73.1 Å². The lowest BCUT2D eigenvalue weighted by Crippen LogP contribution is -2.42. The van der Waals surface area contributed by atoms with Gasteiger partial charge in [0.15, 0.2) is 11.5 Å². The van der Waals surface area contributed by atoms with E-state index in [0.717, 1.165) is 16.3 Å². The Labute approximate surface area is 193 Å². The highest BCUT2D eigenvalue weighted by molar-refractivity contribution is 6.42. The van der Waals surface area contributed by atoms with E-state index in [-0.39, 0.29) is 6.61 Å². The van der Waals surface area contributed by atoms with Gasteiger partial charge < -0.3 is 13.9 Å². The second kappa shape index (κ2) is 8.57. The van der Waals surface area contributed by atoms with Crippen molar-refractivity contribution in [3.63, 3.8) is 0 Å². The van der Waals surface area contributed by atoms with E-state index in [1.807, 2.05) is 36.4 Å². The highest BCUT2D eigenvalue weighted by atomic mass is 35.5. The molecule has 0 spiro atoms. The SMILES string of the molecule is O=C(N/N=C/c1ccc(-c2ccc(Cl)c(Cl)c2)o1)[C@@H]1COc2cc3ccccc3cc2O1. The molecule has 0 aliphatic carbocycles. The van der Waals surface area contributed by atoms with Crippen LogP contribution < -0.4 is 14.9 Å². The second-order valence-electron chi connectivity index (χ2n) is 7.13. The molecule has 0 radical (unpaired) electrons. The van der Waals surface area contributed by atoms with Crippen LogP contribution in [0.2, 0.25) is 10.0 Å². The predicted molar refractivity (Wildman–Crippen MR) is 124 cm³/mol. The molecule has 2 heterocycles. The molecule has 0 bridgehead atoms. The van der Waals surface area contributed by atoms with Crippen molar-refractivity contribution in [3.05, 3.63) is 82.5 Å². The van der Waals surface area contributed by atoms with Crippen molar-refractivity contribution in [2.45, 2.75) is 6.10 Å². The molecule has 1 amide bonds. The Balaban J connectivity index is 1.23. The van der Waals surface area contributed by atoms with Gasteiger partial charge in [-0.05, 0) is 53.2 Å². The molecule has 1 aliphatic rings. The molecule has 1 aromatic heterocycles. The van der Waals surface area contributed by atoms with Gasteiger partial charge >= 0.3 is 0 Å². The highest BCUT2D eigenvalue weighted by Gasteiger charge is 2.27. The van der Waals surface area contributed by atoms with Crippen molar-refractivity contribution >= 4 is 46.1 Å². The first-order valence-electron chi connectivity index (χ1n) is 9.77. The van der Waals surface area contributed by atoms with Gasteiger partial charge in [0, 0.05) is 5.56 Å². The lowest BCUT2D eigenvalue weighted by molar-refractivity contribution is -0.130. The molecule has 1 atom stereocenters. The van der Waals surface area contributed by atoms with Gasteiger partial charge in [-0.15, -0.1) is 0 Å². The molecular formula is C24H16Cl2N2O4. The largest absolute Gasteiger partial charge is 0.485 e. The molecule has 4 aromatic rings. The maximum atomic E-state index is 12.5. The van der Waals surface area contributed by atoms with Crippen LogP contribution in [-0.4, -0.2) is 24.8 Å². The quantitative estimate of drug-likeness (QED) is 0.309. The highest BCUT2D eigenvalue weighted by Crippen LogP contribution is 2.36. The summed E-state index contributed by atoms with van der Waals surface area (Å²) in [6.45, 7) is 0.0922. The maximum absolute atomic E-state index is 12.5. The van der Waals surface area contributed by atoms with E-state index in [4.69, 9.17) is 37.1 Å². The van der Waals surface area contributed by atoms with Crippen molar-refractivity contribution in [2.24, 2.45) is 5.10 Å². The summed E-state index contributed by atoms with van der Waals surface area (Å²) in [6.07, 6.45) is 0.591. The summed E-state index contributed by atoms with van der Waals surface area (Å²) in [7, 11) is 0. The van der Waals surface area contributed by atoms with E-state index < -0.39 is 12.0 Å². The average molecular weight is 467 g/mol. The summed E-state index contributed by atoms with van der Waals surface area (Å²) >= 11 is 12.0.